The molecule has 1 aromatic carbocycles. The van der Waals surface area contributed by atoms with E-state index in [4.69, 9.17) is 4.74 Å². The number of ether oxygens (including phenoxy) is 1. The molecular formula is C16H18BrNOS. The monoisotopic (exact) mass is 351 g/mol. The number of rotatable bonds is 5. The van der Waals surface area contributed by atoms with Crippen molar-refractivity contribution in [3.05, 3.63) is 50.6 Å². The number of benzene rings is 1. The van der Waals surface area contributed by atoms with E-state index in [1.165, 1.54) is 14.9 Å². The molecule has 0 saturated carbocycles. The van der Waals surface area contributed by atoms with Crippen molar-refractivity contribution in [1.29, 1.82) is 0 Å². The van der Waals surface area contributed by atoms with Gasteiger partial charge in [-0.25, -0.2) is 0 Å². The average molecular weight is 352 g/mol. The maximum atomic E-state index is 5.86. The maximum Gasteiger partial charge on any atom is 0.122 e. The first-order chi connectivity index (χ1) is 9.81. The van der Waals surface area contributed by atoms with Crippen LogP contribution in [0.4, 0.5) is 0 Å². The Morgan fingerprint density at radius 2 is 2.25 bits per heavy atom. The van der Waals surface area contributed by atoms with Crippen LogP contribution < -0.4 is 10.1 Å². The highest BCUT2D eigenvalue weighted by atomic mass is 79.9. The van der Waals surface area contributed by atoms with E-state index in [1.807, 2.05) is 6.07 Å². The minimum absolute atomic E-state index is 0.313. The fourth-order valence-corrected chi connectivity index (χ4v) is 4.47. The van der Waals surface area contributed by atoms with Crippen molar-refractivity contribution in [3.8, 4) is 5.75 Å². The largest absolute Gasteiger partial charge is 0.493 e. The molecule has 0 aliphatic carbocycles. The number of hydrogen-bond acceptors (Lipinski definition) is 3. The van der Waals surface area contributed by atoms with E-state index in [0.29, 0.717) is 12.0 Å². The Balaban J connectivity index is 1.93. The van der Waals surface area contributed by atoms with E-state index in [0.717, 1.165) is 25.3 Å². The molecule has 2 unspecified atom stereocenters. The molecule has 2 atom stereocenters. The van der Waals surface area contributed by atoms with Crippen LogP contribution in [0.1, 0.15) is 35.7 Å². The molecule has 0 fully saturated rings. The van der Waals surface area contributed by atoms with Crippen LogP contribution in [0.5, 0.6) is 5.75 Å². The molecule has 0 bridgehead atoms. The normalized spacial score (nSPS) is 18.6. The standard InChI is InChI=1S/C16H18BrNOS/c1-2-8-18-15(16-13(17)7-9-20-16)12-10-19-14-6-4-3-5-11(12)14/h3-7,9,12,15,18H,2,8,10H2,1H3. The molecule has 1 N–H and O–H groups in total. The molecule has 4 heteroatoms. The van der Waals surface area contributed by atoms with Gasteiger partial charge in [0.05, 0.1) is 12.6 Å². The Morgan fingerprint density at radius 3 is 3.00 bits per heavy atom. The lowest BCUT2D eigenvalue weighted by atomic mass is 9.92. The molecule has 20 heavy (non-hydrogen) atoms. The fraction of sp³-hybridized carbons (Fsp3) is 0.375. The second-order valence-corrected chi connectivity index (χ2v) is 6.82. The van der Waals surface area contributed by atoms with Crippen LogP contribution in [-0.2, 0) is 0 Å². The summed E-state index contributed by atoms with van der Waals surface area (Å²) in [6.07, 6.45) is 1.13. The third kappa shape index (κ3) is 2.65. The summed E-state index contributed by atoms with van der Waals surface area (Å²) in [5.74, 6) is 1.42. The first-order valence-corrected chi connectivity index (χ1v) is 8.66. The average Bonchev–Trinajstić information content (AvgIpc) is 3.07. The first-order valence-electron chi connectivity index (χ1n) is 6.99. The van der Waals surface area contributed by atoms with Gasteiger partial charge in [0.15, 0.2) is 0 Å². The molecule has 0 radical (unpaired) electrons. The Hall–Kier alpha value is -0.840. The molecule has 3 rings (SSSR count). The highest BCUT2D eigenvalue weighted by Crippen LogP contribution is 2.44. The molecule has 2 nitrogen and oxygen atoms in total. The van der Waals surface area contributed by atoms with Gasteiger partial charge in [-0.15, -0.1) is 11.3 Å². The highest BCUT2D eigenvalue weighted by molar-refractivity contribution is 9.10. The van der Waals surface area contributed by atoms with Crippen molar-refractivity contribution in [2.24, 2.45) is 0 Å². The summed E-state index contributed by atoms with van der Waals surface area (Å²) in [7, 11) is 0. The number of hydrogen-bond donors (Lipinski definition) is 1. The van der Waals surface area contributed by atoms with E-state index in [2.05, 4.69) is 57.8 Å². The van der Waals surface area contributed by atoms with Gasteiger partial charge in [-0.2, -0.15) is 0 Å². The number of para-hydroxylation sites is 1. The van der Waals surface area contributed by atoms with Gasteiger partial charge in [0.1, 0.15) is 5.75 Å². The van der Waals surface area contributed by atoms with Gasteiger partial charge >= 0.3 is 0 Å². The fourth-order valence-electron chi connectivity index (χ4n) is 2.71. The molecule has 0 amide bonds. The van der Waals surface area contributed by atoms with Gasteiger partial charge in [0.25, 0.3) is 0 Å². The molecule has 0 saturated heterocycles. The van der Waals surface area contributed by atoms with E-state index >= 15 is 0 Å². The molecule has 0 spiro atoms. The smallest absolute Gasteiger partial charge is 0.122 e. The molecule has 2 aromatic rings. The summed E-state index contributed by atoms with van der Waals surface area (Å²) < 4.78 is 7.05. The first kappa shape index (κ1) is 14.1. The Bertz CT molecular complexity index is 583. The minimum atomic E-state index is 0.313. The lowest BCUT2D eigenvalue weighted by Gasteiger charge is -2.23. The van der Waals surface area contributed by atoms with Gasteiger partial charge in [-0.1, -0.05) is 25.1 Å². The summed E-state index contributed by atoms with van der Waals surface area (Å²) in [4.78, 5) is 1.36. The third-order valence-electron chi connectivity index (χ3n) is 3.68. The molecule has 2 heterocycles. The van der Waals surface area contributed by atoms with Crippen LogP contribution in [0.2, 0.25) is 0 Å². The summed E-state index contributed by atoms with van der Waals surface area (Å²) in [6.45, 7) is 3.98. The van der Waals surface area contributed by atoms with Crippen molar-refractivity contribution in [3.63, 3.8) is 0 Å². The number of halogens is 1. The quantitative estimate of drug-likeness (QED) is 0.840. The highest BCUT2D eigenvalue weighted by Gasteiger charge is 2.33. The van der Waals surface area contributed by atoms with Crippen LogP contribution in [0.25, 0.3) is 0 Å². The summed E-state index contributed by atoms with van der Waals surface area (Å²) in [6, 6.07) is 10.8. The van der Waals surface area contributed by atoms with Gasteiger partial charge < -0.3 is 10.1 Å². The van der Waals surface area contributed by atoms with Gasteiger partial charge in [-0.05, 0) is 46.4 Å². The summed E-state index contributed by atoms with van der Waals surface area (Å²) >= 11 is 5.48. The Morgan fingerprint density at radius 1 is 1.40 bits per heavy atom. The van der Waals surface area contributed by atoms with E-state index < -0.39 is 0 Å². The number of nitrogens with one attached hydrogen (secondary N) is 1. The lowest BCUT2D eigenvalue weighted by Crippen LogP contribution is -2.28. The van der Waals surface area contributed by atoms with Crippen LogP contribution >= 0.6 is 27.3 Å². The van der Waals surface area contributed by atoms with Gasteiger partial charge in [0, 0.05) is 20.8 Å². The molecule has 106 valence electrons. The van der Waals surface area contributed by atoms with E-state index in [9.17, 15) is 0 Å². The van der Waals surface area contributed by atoms with Crippen molar-refractivity contribution in [2.45, 2.75) is 25.3 Å². The van der Waals surface area contributed by atoms with Crippen LogP contribution in [0, 0.1) is 0 Å². The zero-order chi connectivity index (χ0) is 13.9. The Labute approximate surface area is 132 Å². The second-order valence-electron chi connectivity index (χ2n) is 5.02. The van der Waals surface area contributed by atoms with Crippen molar-refractivity contribution in [1.82, 2.24) is 5.32 Å². The molecular weight excluding hydrogens is 334 g/mol. The lowest BCUT2D eigenvalue weighted by molar-refractivity contribution is 0.300. The summed E-state index contributed by atoms with van der Waals surface area (Å²) in [5, 5.41) is 5.84. The SMILES string of the molecule is CCCNC(c1sccc1Br)C1COc2ccccc21. The molecule has 1 aromatic heterocycles. The van der Waals surface area contributed by atoms with Gasteiger partial charge in [-0.3, -0.25) is 0 Å². The van der Waals surface area contributed by atoms with Crippen molar-refractivity contribution in [2.75, 3.05) is 13.2 Å². The zero-order valence-electron chi connectivity index (χ0n) is 11.4. The van der Waals surface area contributed by atoms with E-state index in [1.54, 1.807) is 11.3 Å². The summed E-state index contributed by atoms with van der Waals surface area (Å²) in [5.41, 5.74) is 1.32. The van der Waals surface area contributed by atoms with Crippen LogP contribution in [0.15, 0.2) is 40.2 Å². The Kier molecular flexibility index (Phi) is 4.44. The van der Waals surface area contributed by atoms with Gasteiger partial charge in [0.2, 0.25) is 0 Å². The van der Waals surface area contributed by atoms with Crippen LogP contribution in [0.3, 0.4) is 0 Å². The maximum absolute atomic E-state index is 5.86. The zero-order valence-corrected chi connectivity index (χ0v) is 13.8. The number of thiophene rings is 1. The third-order valence-corrected chi connectivity index (χ3v) is 5.63. The topological polar surface area (TPSA) is 21.3 Å². The predicted molar refractivity (Wildman–Crippen MR) is 87.7 cm³/mol. The van der Waals surface area contributed by atoms with Crippen molar-refractivity contribution >= 4 is 27.3 Å². The van der Waals surface area contributed by atoms with Crippen LogP contribution in [-0.4, -0.2) is 13.2 Å². The molecule has 1 aliphatic rings. The van der Waals surface area contributed by atoms with E-state index in [-0.39, 0.29) is 0 Å². The molecule has 1 aliphatic heterocycles. The van der Waals surface area contributed by atoms with Crippen molar-refractivity contribution < 1.29 is 4.74 Å². The minimum Gasteiger partial charge on any atom is -0.493 e. The number of fused-ring (bicyclic) bond motifs is 1. The predicted octanol–water partition coefficient (Wildman–Crippen LogP) is 4.73. The second kappa shape index (κ2) is 6.29.